The second-order valence-electron chi connectivity index (χ2n) is 9.62. The average molecular weight is 554 g/mol. The predicted octanol–water partition coefficient (Wildman–Crippen LogP) is 3.85. The summed E-state index contributed by atoms with van der Waals surface area (Å²) >= 11 is 6.23. The minimum absolute atomic E-state index is 0.0765. The van der Waals surface area contributed by atoms with Crippen LogP contribution in [0.15, 0.2) is 42.5 Å². The van der Waals surface area contributed by atoms with E-state index in [0.717, 1.165) is 16.1 Å². The van der Waals surface area contributed by atoms with Crippen molar-refractivity contribution in [3.63, 3.8) is 0 Å². The topological polar surface area (TPSA) is 105 Å². The van der Waals surface area contributed by atoms with E-state index in [0.29, 0.717) is 17.9 Å². The van der Waals surface area contributed by atoms with Crippen LogP contribution in [0.25, 0.3) is 0 Å². The van der Waals surface area contributed by atoms with Crippen LogP contribution in [-0.4, -0.2) is 63.7 Å². The first kappa shape index (κ1) is 30.2. The van der Waals surface area contributed by atoms with Crippen LogP contribution in [-0.2, 0) is 26.2 Å². The highest BCUT2D eigenvalue weighted by molar-refractivity contribution is 7.92. The summed E-state index contributed by atoms with van der Waals surface area (Å²) < 4.78 is 36.9. The molecule has 0 saturated heterocycles. The van der Waals surface area contributed by atoms with Crippen molar-refractivity contribution in [1.82, 2.24) is 10.2 Å². The number of nitrogens with zero attached hydrogens (tertiary/aromatic N) is 2. The molecule has 2 aromatic rings. The Bertz CT molecular complexity index is 1210. The monoisotopic (exact) mass is 553 g/mol. The number of sulfonamides is 1. The molecule has 37 heavy (non-hydrogen) atoms. The molecule has 0 fully saturated rings. The average Bonchev–Trinajstić information content (AvgIpc) is 2.80. The molecule has 1 atom stereocenters. The van der Waals surface area contributed by atoms with Gasteiger partial charge in [0.15, 0.2) is 0 Å². The first-order valence-corrected chi connectivity index (χ1v) is 14.0. The normalized spacial score (nSPS) is 12.4. The Hall–Kier alpha value is -2.98. The van der Waals surface area contributed by atoms with E-state index in [4.69, 9.17) is 21.1 Å². The third-order valence-corrected chi connectivity index (χ3v) is 6.91. The molecule has 2 amide bonds. The summed E-state index contributed by atoms with van der Waals surface area (Å²) in [4.78, 5) is 28.4. The fourth-order valence-electron chi connectivity index (χ4n) is 3.76. The lowest BCUT2D eigenvalue weighted by Crippen LogP contribution is -2.55. The number of anilines is 1. The van der Waals surface area contributed by atoms with Gasteiger partial charge in [0.05, 0.1) is 31.2 Å². The zero-order chi connectivity index (χ0) is 28.0. The largest absolute Gasteiger partial charge is 0.497 e. The zero-order valence-corrected chi connectivity index (χ0v) is 23.9. The summed E-state index contributed by atoms with van der Waals surface area (Å²) in [5.74, 6) is 0.0956. The molecule has 9 nitrogen and oxygen atoms in total. The number of ether oxygens (including phenoxy) is 2. The van der Waals surface area contributed by atoms with Gasteiger partial charge in [0.2, 0.25) is 21.8 Å². The lowest BCUT2D eigenvalue weighted by atomic mass is 10.1. The molecule has 0 unspecified atom stereocenters. The van der Waals surface area contributed by atoms with Crippen LogP contribution < -0.4 is 19.1 Å². The van der Waals surface area contributed by atoms with Gasteiger partial charge in [0.1, 0.15) is 24.1 Å². The Balaban J connectivity index is 2.50. The van der Waals surface area contributed by atoms with Crippen LogP contribution >= 0.6 is 11.6 Å². The standard InChI is InChI=1S/C26H36ClN3O6S/c1-8-22(25(32)28-26(2,3)4)29(16-18-10-9-11-20(14-18)35-5)24(31)17-30(37(7,33)34)19-12-13-23(36-6)21(27)15-19/h9-15,22H,8,16-17H2,1-7H3,(H,28,32)/t22-/m1/s1. The third kappa shape index (κ3) is 8.53. The van der Waals surface area contributed by atoms with Gasteiger partial charge in [-0.15, -0.1) is 0 Å². The summed E-state index contributed by atoms with van der Waals surface area (Å²) in [6.07, 6.45) is 1.33. The minimum Gasteiger partial charge on any atom is -0.497 e. The summed E-state index contributed by atoms with van der Waals surface area (Å²) in [6.45, 7) is 6.91. The van der Waals surface area contributed by atoms with Gasteiger partial charge in [0, 0.05) is 12.1 Å². The Morgan fingerprint density at radius 3 is 2.27 bits per heavy atom. The van der Waals surface area contributed by atoms with Crippen molar-refractivity contribution in [2.75, 3.05) is 31.3 Å². The maximum atomic E-state index is 13.8. The second-order valence-corrected chi connectivity index (χ2v) is 11.9. The van der Waals surface area contributed by atoms with Gasteiger partial charge in [0.25, 0.3) is 0 Å². The van der Waals surface area contributed by atoms with Crippen molar-refractivity contribution >= 4 is 39.1 Å². The molecule has 0 radical (unpaired) electrons. The molecule has 0 saturated carbocycles. The Kier molecular flexibility index (Phi) is 10.2. The number of halogens is 1. The lowest BCUT2D eigenvalue weighted by Gasteiger charge is -2.34. The number of rotatable bonds is 11. The highest BCUT2D eigenvalue weighted by Gasteiger charge is 2.33. The smallest absolute Gasteiger partial charge is 0.244 e. The highest BCUT2D eigenvalue weighted by atomic mass is 35.5. The van der Waals surface area contributed by atoms with Gasteiger partial charge in [-0.2, -0.15) is 0 Å². The summed E-state index contributed by atoms with van der Waals surface area (Å²) in [7, 11) is -0.896. The molecule has 2 aromatic carbocycles. The van der Waals surface area contributed by atoms with E-state index in [9.17, 15) is 18.0 Å². The minimum atomic E-state index is -3.88. The molecule has 0 spiro atoms. The van der Waals surface area contributed by atoms with Gasteiger partial charge in [-0.3, -0.25) is 13.9 Å². The number of carbonyl (C=O) groups is 2. The molecule has 0 aliphatic heterocycles. The lowest BCUT2D eigenvalue weighted by molar-refractivity contribution is -0.141. The zero-order valence-electron chi connectivity index (χ0n) is 22.4. The maximum absolute atomic E-state index is 13.8. The van der Waals surface area contributed by atoms with Crippen molar-refractivity contribution in [3.8, 4) is 11.5 Å². The van der Waals surface area contributed by atoms with Crippen LogP contribution in [0.4, 0.5) is 5.69 Å². The van der Waals surface area contributed by atoms with Crippen molar-refractivity contribution in [2.45, 2.75) is 52.2 Å². The summed E-state index contributed by atoms with van der Waals surface area (Å²) in [5.41, 5.74) is 0.414. The number of benzene rings is 2. The molecule has 0 aliphatic rings. The molecule has 0 bridgehead atoms. The number of nitrogens with one attached hydrogen (secondary N) is 1. The summed E-state index contributed by atoms with van der Waals surface area (Å²) in [5, 5.41) is 3.13. The highest BCUT2D eigenvalue weighted by Crippen LogP contribution is 2.30. The number of carbonyl (C=O) groups excluding carboxylic acids is 2. The van der Waals surface area contributed by atoms with Gasteiger partial charge < -0.3 is 19.7 Å². The van der Waals surface area contributed by atoms with Gasteiger partial charge in [-0.1, -0.05) is 30.7 Å². The number of amides is 2. The Morgan fingerprint density at radius 1 is 1.08 bits per heavy atom. The molecule has 0 aromatic heterocycles. The van der Waals surface area contributed by atoms with Gasteiger partial charge >= 0.3 is 0 Å². The molecule has 0 heterocycles. The quantitative estimate of drug-likeness (QED) is 0.453. The first-order chi connectivity index (χ1) is 17.2. The Labute approximate surface area is 224 Å². The molecule has 1 N–H and O–H groups in total. The van der Waals surface area contributed by atoms with Crippen LogP contribution in [0.2, 0.25) is 5.02 Å². The van der Waals surface area contributed by atoms with Crippen molar-refractivity contribution in [3.05, 3.63) is 53.1 Å². The van der Waals surface area contributed by atoms with Crippen molar-refractivity contribution < 1.29 is 27.5 Å². The van der Waals surface area contributed by atoms with Gasteiger partial charge in [-0.25, -0.2) is 8.42 Å². The fourth-order valence-corrected chi connectivity index (χ4v) is 4.86. The number of methoxy groups -OCH3 is 2. The van der Waals surface area contributed by atoms with Crippen LogP contribution in [0.5, 0.6) is 11.5 Å². The van der Waals surface area contributed by atoms with E-state index in [-0.39, 0.29) is 23.2 Å². The third-order valence-electron chi connectivity index (χ3n) is 5.47. The number of hydrogen-bond donors (Lipinski definition) is 1. The number of hydrogen-bond acceptors (Lipinski definition) is 6. The Morgan fingerprint density at radius 2 is 1.76 bits per heavy atom. The summed E-state index contributed by atoms with van der Waals surface area (Å²) in [6, 6.07) is 10.8. The fraction of sp³-hybridized carbons (Fsp3) is 0.462. The molecular weight excluding hydrogens is 518 g/mol. The van der Waals surface area contributed by atoms with Crippen LogP contribution in [0, 0.1) is 0 Å². The molecular formula is C26H36ClN3O6S. The van der Waals surface area contributed by atoms with Crippen molar-refractivity contribution in [2.24, 2.45) is 0 Å². The van der Waals surface area contributed by atoms with E-state index < -0.39 is 34.1 Å². The van der Waals surface area contributed by atoms with E-state index in [2.05, 4.69) is 5.32 Å². The SMILES string of the molecule is CC[C@H](C(=O)NC(C)(C)C)N(Cc1cccc(OC)c1)C(=O)CN(c1ccc(OC)c(Cl)c1)S(C)(=O)=O. The molecule has 0 aliphatic carbocycles. The molecule has 204 valence electrons. The first-order valence-electron chi connectivity index (χ1n) is 11.8. The van der Waals surface area contributed by atoms with E-state index in [1.165, 1.54) is 37.3 Å². The molecule has 2 rings (SSSR count). The van der Waals surface area contributed by atoms with E-state index >= 15 is 0 Å². The maximum Gasteiger partial charge on any atom is 0.244 e. The van der Waals surface area contributed by atoms with E-state index in [1.54, 1.807) is 25.1 Å². The molecule has 11 heteroatoms. The predicted molar refractivity (Wildman–Crippen MR) is 146 cm³/mol. The van der Waals surface area contributed by atoms with Crippen LogP contribution in [0.3, 0.4) is 0 Å². The van der Waals surface area contributed by atoms with Crippen LogP contribution in [0.1, 0.15) is 39.7 Å². The second kappa shape index (κ2) is 12.5. The van der Waals surface area contributed by atoms with E-state index in [1.807, 2.05) is 26.8 Å². The van der Waals surface area contributed by atoms with Crippen molar-refractivity contribution in [1.29, 1.82) is 0 Å². The van der Waals surface area contributed by atoms with Gasteiger partial charge in [-0.05, 0) is 63.1 Å².